The highest BCUT2D eigenvalue weighted by molar-refractivity contribution is 7.81. The summed E-state index contributed by atoms with van der Waals surface area (Å²) in [5.41, 5.74) is 3.28. The molecule has 0 nitrogen and oxygen atoms in total. The molecule has 0 aliphatic heterocycles. The van der Waals surface area contributed by atoms with E-state index in [1.165, 1.54) is 5.56 Å². The van der Waals surface area contributed by atoms with Crippen LogP contribution in [0, 0.1) is 6.92 Å². The maximum absolute atomic E-state index is 5.94. The molecule has 0 heterocycles. The molecule has 0 amide bonds. The Kier molecular flexibility index (Phi) is 3.37. The smallest absolute Gasteiger partial charge is 0.0522 e. The van der Waals surface area contributed by atoms with E-state index in [1.54, 1.807) is 0 Å². The Morgan fingerprint density at radius 2 is 1.69 bits per heavy atom. The Labute approximate surface area is 106 Å². The predicted molar refractivity (Wildman–Crippen MR) is 73.4 cm³/mol. The van der Waals surface area contributed by atoms with Crippen molar-refractivity contribution in [2.45, 2.75) is 6.92 Å². The third kappa shape index (κ3) is 2.49. The summed E-state index contributed by atoms with van der Waals surface area (Å²) >= 11 is 11.4. The molecule has 80 valence electrons. The lowest BCUT2D eigenvalue weighted by atomic mass is 10.0. The summed E-state index contributed by atoms with van der Waals surface area (Å²) in [4.78, 5) is 0.836. The molecule has 0 fully saturated rings. The van der Waals surface area contributed by atoms with E-state index in [1.807, 2.05) is 36.4 Å². The molecule has 0 bridgehead atoms. The highest BCUT2D eigenvalue weighted by Crippen LogP contribution is 2.16. The molecule has 2 aromatic carbocycles. The predicted octanol–water partition coefficient (Wildman–Crippen LogP) is 4.41. The first-order valence-electron chi connectivity index (χ1n) is 5.04. The molecule has 0 aromatic heterocycles. The van der Waals surface area contributed by atoms with Gasteiger partial charge in [-0.05, 0) is 30.2 Å². The molecule has 0 aliphatic rings. The van der Waals surface area contributed by atoms with Crippen LogP contribution in [0.3, 0.4) is 0 Å². The first kappa shape index (κ1) is 11.3. The third-order valence-corrected chi connectivity index (χ3v) is 3.11. The van der Waals surface area contributed by atoms with Crippen LogP contribution in [0.25, 0.3) is 0 Å². The van der Waals surface area contributed by atoms with Crippen LogP contribution >= 0.6 is 23.8 Å². The van der Waals surface area contributed by atoms with Crippen LogP contribution in [-0.2, 0) is 0 Å². The average Bonchev–Trinajstić information content (AvgIpc) is 2.29. The van der Waals surface area contributed by atoms with Crippen molar-refractivity contribution >= 4 is 28.7 Å². The molecule has 0 unspecified atom stereocenters. The third-order valence-electron chi connectivity index (χ3n) is 2.40. The Hall–Kier alpha value is -1.18. The second-order valence-corrected chi connectivity index (χ2v) is 4.55. The number of hydrogen-bond donors (Lipinski definition) is 0. The summed E-state index contributed by atoms with van der Waals surface area (Å²) in [6.07, 6.45) is 0. The second kappa shape index (κ2) is 4.77. The minimum absolute atomic E-state index is 0.715. The Balaban J connectivity index is 2.35. The second-order valence-electron chi connectivity index (χ2n) is 3.71. The van der Waals surface area contributed by atoms with Gasteiger partial charge in [0, 0.05) is 5.02 Å². The Morgan fingerprint density at radius 1 is 1.00 bits per heavy atom. The van der Waals surface area contributed by atoms with Crippen molar-refractivity contribution in [1.29, 1.82) is 0 Å². The zero-order chi connectivity index (χ0) is 11.5. The van der Waals surface area contributed by atoms with E-state index in [0.717, 1.165) is 16.0 Å². The van der Waals surface area contributed by atoms with Crippen molar-refractivity contribution in [3.63, 3.8) is 0 Å². The van der Waals surface area contributed by atoms with Gasteiger partial charge in [0.25, 0.3) is 0 Å². The zero-order valence-electron chi connectivity index (χ0n) is 8.91. The number of benzene rings is 2. The van der Waals surface area contributed by atoms with E-state index in [4.69, 9.17) is 23.8 Å². The van der Waals surface area contributed by atoms with Crippen molar-refractivity contribution in [1.82, 2.24) is 0 Å². The van der Waals surface area contributed by atoms with Gasteiger partial charge in [-0.15, -0.1) is 0 Å². The van der Waals surface area contributed by atoms with Gasteiger partial charge in [0.2, 0.25) is 0 Å². The number of thiocarbonyl (C=S) groups is 1. The molecular weight excluding hydrogens is 236 g/mol. The minimum Gasteiger partial charge on any atom is -0.0843 e. The summed E-state index contributed by atoms with van der Waals surface area (Å²) in [5, 5.41) is 0.715. The van der Waals surface area contributed by atoms with Gasteiger partial charge in [-0.25, -0.2) is 0 Å². The average molecular weight is 247 g/mol. The lowest BCUT2D eigenvalue weighted by Crippen LogP contribution is -1.99. The van der Waals surface area contributed by atoms with Crippen molar-refractivity contribution in [3.05, 3.63) is 70.2 Å². The van der Waals surface area contributed by atoms with E-state index >= 15 is 0 Å². The molecule has 0 N–H and O–H groups in total. The molecule has 0 saturated heterocycles. The van der Waals surface area contributed by atoms with Gasteiger partial charge in [0.1, 0.15) is 0 Å². The quantitative estimate of drug-likeness (QED) is 0.559. The summed E-state index contributed by atoms with van der Waals surface area (Å²) < 4.78 is 0. The fraction of sp³-hybridized carbons (Fsp3) is 0.0714. The van der Waals surface area contributed by atoms with Gasteiger partial charge in [-0.3, -0.25) is 0 Å². The van der Waals surface area contributed by atoms with Crippen LogP contribution in [0.1, 0.15) is 16.7 Å². The van der Waals surface area contributed by atoms with Crippen molar-refractivity contribution < 1.29 is 0 Å². The van der Waals surface area contributed by atoms with Crippen LogP contribution < -0.4 is 0 Å². The van der Waals surface area contributed by atoms with Crippen LogP contribution in [0.4, 0.5) is 0 Å². The van der Waals surface area contributed by atoms with Gasteiger partial charge in [-0.1, -0.05) is 65.8 Å². The molecular formula is C14H11ClS. The molecule has 0 atom stereocenters. The van der Waals surface area contributed by atoms with Gasteiger partial charge < -0.3 is 0 Å². The van der Waals surface area contributed by atoms with Gasteiger partial charge in [0.15, 0.2) is 0 Å². The highest BCUT2D eigenvalue weighted by atomic mass is 35.5. The van der Waals surface area contributed by atoms with Crippen molar-refractivity contribution in [2.24, 2.45) is 0 Å². The number of rotatable bonds is 2. The highest BCUT2D eigenvalue weighted by Gasteiger charge is 2.04. The van der Waals surface area contributed by atoms with Crippen molar-refractivity contribution in [2.75, 3.05) is 0 Å². The largest absolute Gasteiger partial charge is 0.0843 e. The summed E-state index contributed by atoms with van der Waals surface area (Å²) in [7, 11) is 0. The number of hydrogen-bond acceptors (Lipinski definition) is 1. The molecule has 0 spiro atoms. The molecule has 2 heteroatoms. The van der Waals surface area contributed by atoms with E-state index in [0.29, 0.717) is 5.02 Å². The molecule has 2 rings (SSSR count). The van der Waals surface area contributed by atoms with Gasteiger partial charge in [-0.2, -0.15) is 0 Å². The van der Waals surface area contributed by atoms with Crippen LogP contribution in [0.5, 0.6) is 0 Å². The van der Waals surface area contributed by atoms with E-state index in [-0.39, 0.29) is 0 Å². The lowest BCUT2D eigenvalue weighted by Gasteiger charge is -2.05. The maximum atomic E-state index is 5.94. The molecule has 16 heavy (non-hydrogen) atoms. The fourth-order valence-electron chi connectivity index (χ4n) is 1.50. The summed E-state index contributed by atoms with van der Waals surface area (Å²) in [6, 6.07) is 15.8. The molecule has 0 radical (unpaired) electrons. The van der Waals surface area contributed by atoms with Gasteiger partial charge in [0.05, 0.1) is 4.86 Å². The topological polar surface area (TPSA) is 0 Å². The zero-order valence-corrected chi connectivity index (χ0v) is 10.5. The van der Waals surface area contributed by atoms with E-state index in [9.17, 15) is 0 Å². The Bertz CT molecular complexity index is 515. The summed E-state index contributed by atoms with van der Waals surface area (Å²) in [6.45, 7) is 2.06. The minimum atomic E-state index is 0.715. The van der Waals surface area contributed by atoms with Gasteiger partial charge >= 0.3 is 0 Å². The fourth-order valence-corrected chi connectivity index (χ4v) is 1.95. The Morgan fingerprint density at radius 3 is 2.31 bits per heavy atom. The molecule has 0 saturated carbocycles. The standard InChI is InChI=1S/C14H11ClS/c1-10-5-7-11(8-6-10)14(16)12-3-2-4-13(15)9-12/h2-9H,1H3. The first-order chi connectivity index (χ1) is 7.66. The molecule has 2 aromatic rings. The number of halogens is 1. The lowest BCUT2D eigenvalue weighted by molar-refractivity contribution is 1.46. The first-order valence-corrected chi connectivity index (χ1v) is 5.82. The van der Waals surface area contributed by atoms with E-state index < -0.39 is 0 Å². The van der Waals surface area contributed by atoms with Crippen LogP contribution in [0.2, 0.25) is 5.02 Å². The maximum Gasteiger partial charge on any atom is 0.0522 e. The SMILES string of the molecule is Cc1ccc(C(=S)c2cccc(Cl)c2)cc1. The van der Waals surface area contributed by atoms with E-state index in [2.05, 4.69) is 19.1 Å². The monoisotopic (exact) mass is 246 g/mol. The van der Waals surface area contributed by atoms with Crippen LogP contribution in [0.15, 0.2) is 48.5 Å². The molecule has 0 aliphatic carbocycles. The van der Waals surface area contributed by atoms with Crippen molar-refractivity contribution in [3.8, 4) is 0 Å². The normalized spacial score (nSPS) is 10.1. The van der Waals surface area contributed by atoms with Crippen LogP contribution in [-0.4, -0.2) is 4.86 Å². The summed E-state index contributed by atoms with van der Waals surface area (Å²) in [5.74, 6) is 0. The number of aryl methyl sites for hydroxylation is 1.